The van der Waals surface area contributed by atoms with Gasteiger partial charge in [-0.3, -0.25) is 14.4 Å². The molecule has 0 saturated carbocycles. The molecule has 31 heavy (non-hydrogen) atoms. The summed E-state index contributed by atoms with van der Waals surface area (Å²) in [4.78, 5) is 15.2. The van der Waals surface area contributed by atoms with E-state index in [1.165, 1.54) is 17.7 Å². The summed E-state index contributed by atoms with van der Waals surface area (Å²) >= 11 is 0. The van der Waals surface area contributed by atoms with Gasteiger partial charge in [0.2, 0.25) is 5.82 Å². The molecule has 3 aromatic rings. The molecule has 0 aliphatic carbocycles. The molecule has 5 rings (SSSR count). The number of anilines is 1. The van der Waals surface area contributed by atoms with Gasteiger partial charge in [0.05, 0.1) is 6.20 Å². The molecule has 1 N–H and O–H groups in total. The molecule has 9 heteroatoms. The number of hydrogen-bond donors (Lipinski definition) is 1. The Morgan fingerprint density at radius 3 is 2.84 bits per heavy atom. The number of nitrogens with one attached hydrogen (secondary N) is 1. The van der Waals surface area contributed by atoms with Crippen molar-refractivity contribution in [3.05, 3.63) is 59.7 Å². The van der Waals surface area contributed by atoms with Crippen LogP contribution in [0.15, 0.2) is 36.7 Å². The zero-order valence-corrected chi connectivity index (χ0v) is 17.7. The lowest BCUT2D eigenvalue weighted by Crippen LogP contribution is -2.31. The number of fused-ring (bicyclic) bond motifs is 2. The van der Waals surface area contributed by atoms with Gasteiger partial charge in [-0.25, -0.2) is 4.39 Å². The molecule has 1 saturated heterocycles. The predicted octanol–water partition coefficient (Wildman–Crippen LogP) is 2.75. The fraction of sp³-hybridized carbons (Fsp3) is 0.455. The fourth-order valence-corrected chi connectivity index (χ4v) is 4.67. The molecular formula is C22H26FN7O. The Hall–Kier alpha value is -3.07. The Bertz CT molecular complexity index is 1100. The summed E-state index contributed by atoms with van der Waals surface area (Å²) in [6.45, 7) is 7.83. The first-order valence-corrected chi connectivity index (χ1v) is 10.7. The third kappa shape index (κ3) is 3.97. The molecule has 162 valence electrons. The highest BCUT2D eigenvalue weighted by molar-refractivity contribution is 6.01. The van der Waals surface area contributed by atoms with Gasteiger partial charge in [0.1, 0.15) is 11.6 Å². The van der Waals surface area contributed by atoms with Gasteiger partial charge in [-0.05, 0) is 43.9 Å². The van der Waals surface area contributed by atoms with E-state index >= 15 is 0 Å². The van der Waals surface area contributed by atoms with Gasteiger partial charge in [0.25, 0.3) is 5.91 Å². The Labute approximate surface area is 180 Å². The first kappa shape index (κ1) is 19.9. The summed E-state index contributed by atoms with van der Waals surface area (Å²) < 4.78 is 17.3. The molecule has 0 radical (unpaired) electrons. The molecule has 4 heterocycles. The van der Waals surface area contributed by atoms with Crippen LogP contribution in [-0.4, -0.2) is 48.4 Å². The van der Waals surface area contributed by atoms with Crippen molar-refractivity contribution in [3.63, 3.8) is 0 Å². The van der Waals surface area contributed by atoms with Gasteiger partial charge in [0.15, 0.2) is 0 Å². The number of aromatic nitrogens is 5. The molecule has 2 aliphatic rings. The third-order valence-electron chi connectivity index (χ3n) is 6.22. The van der Waals surface area contributed by atoms with E-state index in [0.717, 1.165) is 38.4 Å². The number of benzene rings is 1. The Kier molecular flexibility index (Phi) is 5.05. The largest absolute Gasteiger partial charge is 0.319 e. The molecule has 8 nitrogen and oxygen atoms in total. The number of hydrogen-bond acceptors (Lipinski definition) is 5. The van der Waals surface area contributed by atoms with Crippen molar-refractivity contribution in [1.82, 2.24) is 29.4 Å². The van der Waals surface area contributed by atoms with Gasteiger partial charge in [-0.15, -0.1) is 10.2 Å². The van der Waals surface area contributed by atoms with E-state index in [4.69, 9.17) is 0 Å². The molecule has 2 aromatic heterocycles. The summed E-state index contributed by atoms with van der Waals surface area (Å²) in [5.74, 6) is 1.34. The smallest absolute Gasteiger partial charge is 0.293 e. The van der Waals surface area contributed by atoms with Crippen molar-refractivity contribution >= 4 is 11.6 Å². The van der Waals surface area contributed by atoms with E-state index in [1.54, 1.807) is 12.1 Å². The second kappa shape index (κ2) is 7.88. The van der Waals surface area contributed by atoms with Crippen LogP contribution in [0.5, 0.6) is 0 Å². The highest BCUT2D eigenvalue weighted by Gasteiger charge is 2.39. The van der Waals surface area contributed by atoms with E-state index < -0.39 is 5.82 Å². The summed E-state index contributed by atoms with van der Waals surface area (Å²) in [5, 5.41) is 15.6. The average Bonchev–Trinajstić information content (AvgIpc) is 3.43. The molecule has 0 unspecified atom stereocenters. The van der Waals surface area contributed by atoms with Crippen molar-refractivity contribution in [1.29, 1.82) is 0 Å². The lowest BCUT2D eigenvalue weighted by atomic mass is 9.89. The van der Waals surface area contributed by atoms with Crippen molar-refractivity contribution in [2.45, 2.75) is 39.4 Å². The Balaban J connectivity index is 1.26. The first-order valence-electron chi connectivity index (χ1n) is 10.7. The minimum Gasteiger partial charge on any atom is -0.319 e. The topological polar surface area (TPSA) is 80.9 Å². The number of carbonyl (C=O) groups excluding carboxylic acids is 1. The van der Waals surface area contributed by atoms with Crippen LogP contribution in [0.4, 0.5) is 10.1 Å². The van der Waals surface area contributed by atoms with Crippen LogP contribution in [0, 0.1) is 17.7 Å². The van der Waals surface area contributed by atoms with Gasteiger partial charge in [-0.1, -0.05) is 6.07 Å². The van der Waals surface area contributed by atoms with Gasteiger partial charge in [-0.2, -0.15) is 5.10 Å². The number of rotatable bonds is 5. The predicted molar refractivity (Wildman–Crippen MR) is 113 cm³/mol. The lowest BCUT2D eigenvalue weighted by Gasteiger charge is -2.25. The van der Waals surface area contributed by atoms with Crippen LogP contribution < -0.4 is 5.32 Å². The van der Waals surface area contributed by atoms with Gasteiger partial charge < -0.3 is 9.88 Å². The molecule has 2 aliphatic heterocycles. The lowest BCUT2D eigenvalue weighted by molar-refractivity contribution is 0.100. The zero-order chi connectivity index (χ0) is 21.5. The third-order valence-corrected chi connectivity index (χ3v) is 6.22. The van der Waals surface area contributed by atoms with Crippen LogP contribution in [0.3, 0.4) is 0 Å². The zero-order valence-electron chi connectivity index (χ0n) is 17.7. The summed E-state index contributed by atoms with van der Waals surface area (Å²) in [5.41, 5.74) is 1.63. The highest BCUT2D eigenvalue weighted by Crippen LogP contribution is 2.33. The minimum absolute atomic E-state index is 0.286. The van der Waals surface area contributed by atoms with Crippen molar-refractivity contribution < 1.29 is 9.18 Å². The van der Waals surface area contributed by atoms with Crippen LogP contribution in [-0.2, 0) is 19.5 Å². The molecule has 0 spiro atoms. The first-order chi connectivity index (χ1) is 15.0. The highest BCUT2D eigenvalue weighted by atomic mass is 19.1. The quantitative estimate of drug-likeness (QED) is 0.683. The number of nitrogens with zero attached hydrogens (tertiary/aromatic N) is 6. The SMILES string of the molecule is CC(C)n1cc(CN2C[C@H]3Cc4nnc(C(=O)Nc5cccc(F)c5)n4C[C@@H]3C2)cn1. The molecule has 2 atom stereocenters. The molecule has 1 amide bonds. The maximum absolute atomic E-state index is 13.4. The van der Waals surface area contributed by atoms with Crippen LogP contribution in [0.25, 0.3) is 0 Å². The number of halogens is 1. The van der Waals surface area contributed by atoms with Crippen molar-refractivity contribution in [2.75, 3.05) is 18.4 Å². The fourth-order valence-electron chi connectivity index (χ4n) is 4.67. The second-order valence-corrected chi connectivity index (χ2v) is 8.86. The van der Waals surface area contributed by atoms with Crippen molar-refractivity contribution in [2.24, 2.45) is 11.8 Å². The molecule has 1 aromatic carbocycles. The molecular weight excluding hydrogens is 397 g/mol. The maximum Gasteiger partial charge on any atom is 0.293 e. The standard InChI is InChI=1S/C22H26FN7O/c1-14(2)30-10-15(8-24-30)9-28-11-16-6-20-26-27-21(29(20)13-17(16)12-28)22(31)25-19-5-3-4-18(23)7-19/h3-5,7-8,10,14,16-17H,6,9,11-13H2,1-2H3,(H,25,31)/t16-,17+/m1/s1. The van der Waals surface area contributed by atoms with E-state index in [-0.39, 0.29) is 11.7 Å². The van der Waals surface area contributed by atoms with Gasteiger partial charge in [0, 0.05) is 56.1 Å². The second-order valence-electron chi connectivity index (χ2n) is 8.86. The van der Waals surface area contributed by atoms with E-state index in [2.05, 4.69) is 45.6 Å². The molecule has 1 fully saturated rings. The number of likely N-dealkylation sites (tertiary alicyclic amines) is 1. The van der Waals surface area contributed by atoms with E-state index in [1.807, 2.05) is 15.4 Å². The van der Waals surface area contributed by atoms with Crippen LogP contribution in [0.1, 0.15) is 41.9 Å². The summed E-state index contributed by atoms with van der Waals surface area (Å²) in [7, 11) is 0. The summed E-state index contributed by atoms with van der Waals surface area (Å²) in [6.07, 6.45) is 4.88. The molecule has 0 bridgehead atoms. The number of carbonyl (C=O) groups is 1. The van der Waals surface area contributed by atoms with E-state index in [9.17, 15) is 9.18 Å². The number of amides is 1. The monoisotopic (exact) mass is 423 g/mol. The summed E-state index contributed by atoms with van der Waals surface area (Å²) in [6, 6.07) is 6.20. The average molecular weight is 423 g/mol. The Morgan fingerprint density at radius 2 is 2.06 bits per heavy atom. The normalized spacial score (nSPS) is 20.6. The maximum atomic E-state index is 13.4. The van der Waals surface area contributed by atoms with Gasteiger partial charge >= 0.3 is 0 Å². The van der Waals surface area contributed by atoms with E-state index in [0.29, 0.717) is 23.6 Å². The van der Waals surface area contributed by atoms with Crippen LogP contribution in [0.2, 0.25) is 0 Å². The minimum atomic E-state index is -0.395. The Morgan fingerprint density at radius 1 is 1.23 bits per heavy atom. The van der Waals surface area contributed by atoms with Crippen molar-refractivity contribution in [3.8, 4) is 0 Å². The van der Waals surface area contributed by atoms with Crippen LogP contribution >= 0.6 is 0 Å².